The molecule has 0 aliphatic heterocycles. The Labute approximate surface area is 195 Å². The fraction of sp³-hybridized carbons (Fsp3) is 0.0800. The molecule has 3 aromatic carbocycles. The fourth-order valence-electron chi connectivity index (χ4n) is 3.10. The van der Waals surface area contributed by atoms with Gasteiger partial charge in [0.05, 0.1) is 26.1 Å². The van der Waals surface area contributed by atoms with E-state index in [2.05, 4.69) is 31.4 Å². The molecular weight excluding hydrogens is 468 g/mol. The molecule has 6 nitrogen and oxygen atoms in total. The van der Waals surface area contributed by atoms with E-state index >= 15 is 0 Å². The van der Waals surface area contributed by atoms with Crippen LogP contribution in [-0.2, 0) is 0 Å². The molecule has 0 spiro atoms. The van der Waals surface area contributed by atoms with Crippen molar-refractivity contribution in [3.05, 3.63) is 88.9 Å². The number of methoxy groups -OCH3 is 2. The minimum Gasteiger partial charge on any atom is -0.493 e. The highest BCUT2D eigenvalue weighted by Gasteiger charge is 2.09. The van der Waals surface area contributed by atoms with Crippen molar-refractivity contribution in [2.24, 2.45) is 5.10 Å². The Balaban J connectivity index is 1.65. The monoisotopic (exact) mass is 488 g/mol. The molecule has 1 aromatic heterocycles. The van der Waals surface area contributed by atoms with E-state index in [1.54, 1.807) is 20.4 Å². The van der Waals surface area contributed by atoms with Gasteiger partial charge in [-0.05, 0) is 35.9 Å². The van der Waals surface area contributed by atoms with Crippen molar-refractivity contribution in [3.63, 3.8) is 0 Å². The third-order valence-corrected chi connectivity index (χ3v) is 5.23. The van der Waals surface area contributed by atoms with Gasteiger partial charge in [-0.3, -0.25) is 5.43 Å². The molecule has 160 valence electrons. The predicted molar refractivity (Wildman–Crippen MR) is 131 cm³/mol. The zero-order valence-electron chi connectivity index (χ0n) is 17.6. The lowest BCUT2D eigenvalue weighted by Gasteiger charge is -2.09. The lowest BCUT2D eigenvalue weighted by Crippen LogP contribution is -1.99. The number of ether oxygens (including phenoxy) is 2. The minimum atomic E-state index is 0.591. The summed E-state index contributed by atoms with van der Waals surface area (Å²) in [5, 5.41) is 4.36. The number of nitrogens with zero attached hydrogens (tertiary/aromatic N) is 3. The van der Waals surface area contributed by atoms with Crippen LogP contribution < -0.4 is 14.9 Å². The molecule has 1 heterocycles. The number of hydrogen-bond acceptors (Lipinski definition) is 6. The Morgan fingerprint density at radius 3 is 2.28 bits per heavy atom. The van der Waals surface area contributed by atoms with E-state index in [0.29, 0.717) is 23.1 Å². The number of anilines is 1. The maximum Gasteiger partial charge on any atom is 0.162 e. The Hall–Kier alpha value is -3.71. The number of halogens is 1. The van der Waals surface area contributed by atoms with Crippen LogP contribution in [0.25, 0.3) is 22.6 Å². The molecule has 0 saturated heterocycles. The van der Waals surface area contributed by atoms with Gasteiger partial charge in [-0.1, -0.05) is 58.4 Å². The van der Waals surface area contributed by atoms with Crippen LogP contribution in [0.2, 0.25) is 0 Å². The zero-order valence-corrected chi connectivity index (χ0v) is 19.2. The topological polar surface area (TPSA) is 68.6 Å². The first-order valence-corrected chi connectivity index (χ1v) is 10.7. The molecule has 4 aromatic rings. The number of rotatable bonds is 7. The van der Waals surface area contributed by atoms with Crippen LogP contribution in [0, 0.1) is 0 Å². The summed E-state index contributed by atoms with van der Waals surface area (Å²) in [6, 6.07) is 25.3. The molecule has 0 radical (unpaired) electrons. The third-order valence-electron chi connectivity index (χ3n) is 4.70. The SMILES string of the molecule is COc1ccc(C=NNc2cc(-c3ccccc3)nc(-c3ccc(Br)cc3)n2)cc1OC. The van der Waals surface area contributed by atoms with Crippen LogP contribution >= 0.6 is 15.9 Å². The van der Waals surface area contributed by atoms with Crippen LogP contribution in [0.3, 0.4) is 0 Å². The number of aromatic nitrogens is 2. The Bertz CT molecular complexity index is 1230. The first-order valence-electron chi connectivity index (χ1n) is 9.88. The first kappa shape index (κ1) is 21.5. The lowest BCUT2D eigenvalue weighted by molar-refractivity contribution is 0.355. The van der Waals surface area contributed by atoms with Crippen molar-refractivity contribution in [3.8, 4) is 34.1 Å². The second-order valence-corrected chi connectivity index (χ2v) is 7.74. The van der Waals surface area contributed by atoms with E-state index in [0.717, 1.165) is 26.9 Å². The van der Waals surface area contributed by atoms with Crippen molar-refractivity contribution in [2.45, 2.75) is 0 Å². The van der Waals surface area contributed by atoms with Gasteiger partial charge < -0.3 is 9.47 Å². The van der Waals surface area contributed by atoms with Gasteiger partial charge in [-0.2, -0.15) is 5.10 Å². The highest BCUT2D eigenvalue weighted by molar-refractivity contribution is 9.10. The van der Waals surface area contributed by atoms with E-state index < -0.39 is 0 Å². The van der Waals surface area contributed by atoms with Gasteiger partial charge in [0.15, 0.2) is 23.1 Å². The van der Waals surface area contributed by atoms with Gasteiger partial charge >= 0.3 is 0 Å². The van der Waals surface area contributed by atoms with Gasteiger partial charge in [-0.15, -0.1) is 0 Å². The molecule has 0 amide bonds. The van der Waals surface area contributed by atoms with E-state index in [1.807, 2.05) is 78.9 Å². The average Bonchev–Trinajstić information content (AvgIpc) is 2.84. The molecule has 0 fully saturated rings. The summed E-state index contributed by atoms with van der Waals surface area (Å²) in [4.78, 5) is 9.42. The van der Waals surface area contributed by atoms with Crippen LogP contribution in [0.4, 0.5) is 5.82 Å². The summed E-state index contributed by atoms with van der Waals surface area (Å²) in [7, 11) is 3.21. The normalized spacial score (nSPS) is 10.8. The largest absolute Gasteiger partial charge is 0.493 e. The quantitative estimate of drug-likeness (QED) is 0.253. The van der Waals surface area contributed by atoms with Crippen LogP contribution in [0.1, 0.15) is 5.56 Å². The third kappa shape index (κ3) is 5.12. The van der Waals surface area contributed by atoms with Crippen LogP contribution in [0.5, 0.6) is 11.5 Å². The molecule has 32 heavy (non-hydrogen) atoms. The van der Waals surface area contributed by atoms with Crippen molar-refractivity contribution in [2.75, 3.05) is 19.6 Å². The number of benzene rings is 3. The van der Waals surface area contributed by atoms with Crippen LogP contribution in [-0.4, -0.2) is 30.4 Å². The molecule has 4 rings (SSSR count). The molecule has 0 atom stereocenters. The molecule has 0 unspecified atom stereocenters. The molecule has 1 N–H and O–H groups in total. The van der Waals surface area contributed by atoms with Crippen molar-refractivity contribution in [1.82, 2.24) is 9.97 Å². The van der Waals surface area contributed by atoms with Crippen molar-refractivity contribution in [1.29, 1.82) is 0 Å². The molecule has 0 aliphatic rings. The van der Waals surface area contributed by atoms with E-state index in [9.17, 15) is 0 Å². The van der Waals surface area contributed by atoms with Gasteiger partial charge in [0, 0.05) is 21.7 Å². The summed E-state index contributed by atoms with van der Waals surface area (Å²) < 4.78 is 11.6. The molecule has 0 saturated carbocycles. The number of hydrogen-bond donors (Lipinski definition) is 1. The van der Waals surface area contributed by atoms with Gasteiger partial charge in [0.25, 0.3) is 0 Å². The lowest BCUT2D eigenvalue weighted by atomic mass is 10.1. The van der Waals surface area contributed by atoms with Crippen molar-refractivity contribution >= 4 is 28.0 Å². The van der Waals surface area contributed by atoms with Crippen molar-refractivity contribution < 1.29 is 9.47 Å². The summed E-state index contributed by atoms with van der Waals surface area (Å²) in [6.45, 7) is 0. The smallest absolute Gasteiger partial charge is 0.162 e. The Morgan fingerprint density at radius 1 is 0.812 bits per heavy atom. The second-order valence-electron chi connectivity index (χ2n) is 6.82. The molecule has 0 aliphatic carbocycles. The Morgan fingerprint density at radius 2 is 1.56 bits per heavy atom. The maximum absolute atomic E-state index is 5.35. The highest BCUT2D eigenvalue weighted by Crippen LogP contribution is 2.27. The standard InChI is InChI=1S/C25H21BrN4O2/c1-31-22-13-8-17(14-23(22)32-2)16-27-30-24-15-21(18-6-4-3-5-7-18)28-25(29-24)19-9-11-20(26)12-10-19/h3-16H,1-2H3,(H,28,29,30). The summed E-state index contributed by atoms with van der Waals surface area (Å²) in [5.74, 6) is 2.51. The highest BCUT2D eigenvalue weighted by atomic mass is 79.9. The second kappa shape index (κ2) is 10.1. The molecule has 7 heteroatoms. The average molecular weight is 489 g/mol. The maximum atomic E-state index is 5.35. The van der Waals surface area contributed by atoms with E-state index in [1.165, 1.54) is 0 Å². The Kier molecular flexibility index (Phi) is 6.77. The number of nitrogens with one attached hydrogen (secondary N) is 1. The van der Waals surface area contributed by atoms with Gasteiger partial charge in [-0.25, -0.2) is 9.97 Å². The summed E-state index contributed by atoms with van der Waals surface area (Å²) in [5.41, 5.74) is 6.61. The number of hydrazone groups is 1. The summed E-state index contributed by atoms with van der Waals surface area (Å²) in [6.07, 6.45) is 1.70. The summed E-state index contributed by atoms with van der Waals surface area (Å²) >= 11 is 3.47. The van der Waals surface area contributed by atoms with Gasteiger partial charge in [0.2, 0.25) is 0 Å². The minimum absolute atomic E-state index is 0.591. The fourth-order valence-corrected chi connectivity index (χ4v) is 3.36. The van der Waals surface area contributed by atoms with E-state index in [4.69, 9.17) is 14.5 Å². The first-order chi connectivity index (χ1) is 15.7. The van der Waals surface area contributed by atoms with E-state index in [-0.39, 0.29) is 0 Å². The van der Waals surface area contributed by atoms with Gasteiger partial charge in [0.1, 0.15) is 0 Å². The molecular formula is C25H21BrN4O2. The zero-order chi connectivity index (χ0) is 22.3. The van der Waals surface area contributed by atoms with Crippen LogP contribution in [0.15, 0.2) is 88.4 Å². The molecule has 0 bridgehead atoms. The predicted octanol–water partition coefficient (Wildman–Crippen LogP) is 6.04.